The Bertz CT molecular complexity index is 253. The van der Waals surface area contributed by atoms with Crippen LogP contribution in [-0.2, 0) is 19.1 Å². The normalized spacial score (nSPS) is 9.47. The minimum atomic E-state index is -1.21. The highest BCUT2D eigenvalue weighted by Crippen LogP contribution is 1.96. The molecule has 1 amide bonds. The number of carbonyl (C=O) groups excluding carboxylic acids is 2. The van der Waals surface area contributed by atoms with E-state index in [9.17, 15) is 14.4 Å². The summed E-state index contributed by atoms with van der Waals surface area (Å²) in [5.41, 5.74) is 0. The van der Waals surface area contributed by atoms with E-state index in [0.717, 1.165) is 0 Å². The molecule has 0 spiro atoms. The number of carboxylic acid groups (broad SMARTS) is 1. The van der Waals surface area contributed by atoms with Crippen molar-refractivity contribution in [3.8, 4) is 0 Å². The van der Waals surface area contributed by atoms with Crippen LogP contribution in [0.4, 0.5) is 0 Å². The Morgan fingerprint density at radius 2 is 1.93 bits per heavy atom. The van der Waals surface area contributed by atoms with Gasteiger partial charge in [0.05, 0.1) is 13.0 Å². The fourth-order valence-electron chi connectivity index (χ4n) is 0.820. The van der Waals surface area contributed by atoms with Crippen LogP contribution in [0.2, 0.25) is 0 Å². The summed E-state index contributed by atoms with van der Waals surface area (Å²) in [7, 11) is 0. The third kappa shape index (κ3) is 6.44. The van der Waals surface area contributed by atoms with Crippen molar-refractivity contribution < 1.29 is 24.2 Å². The molecule has 0 aliphatic rings. The molecule has 0 saturated carbocycles. The van der Waals surface area contributed by atoms with Crippen LogP contribution in [0.15, 0.2) is 0 Å². The maximum atomic E-state index is 11.1. The van der Waals surface area contributed by atoms with Crippen LogP contribution < -0.4 is 5.84 Å². The summed E-state index contributed by atoms with van der Waals surface area (Å²) < 4.78 is 4.59. The molecule has 0 heterocycles. The van der Waals surface area contributed by atoms with Gasteiger partial charge in [-0.25, -0.2) is 5.84 Å². The van der Waals surface area contributed by atoms with Crippen LogP contribution in [-0.4, -0.2) is 41.1 Å². The minimum Gasteiger partial charge on any atom is -0.480 e. The third-order valence-electron chi connectivity index (χ3n) is 1.47. The number of carbonyl (C=O) groups is 3. The average Bonchev–Trinajstić information content (AvgIpc) is 2.13. The number of hydrogen-bond donors (Lipinski definition) is 2. The lowest BCUT2D eigenvalue weighted by atomic mass is 10.3. The van der Waals surface area contributed by atoms with Gasteiger partial charge in [-0.3, -0.25) is 19.4 Å². The molecule has 0 aliphatic carbocycles. The molecular weight excluding hydrogens is 204 g/mol. The van der Waals surface area contributed by atoms with E-state index in [0.29, 0.717) is 5.01 Å². The number of nitrogens with zero attached hydrogens (tertiary/aromatic N) is 1. The summed E-state index contributed by atoms with van der Waals surface area (Å²) >= 11 is 0. The lowest BCUT2D eigenvalue weighted by Gasteiger charge is -2.13. The quantitative estimate of drug-likeness (QED) is 0.259. The van der Waals surface area contributed by atoms with Crippen LogP contribution in [0, 0.1) is 0 Å². The Labute approximate surface area is 86.8 Å². The zero-order valence-electron chi connectivity index (χ0n) is 8.43. The summed E-state index contributed by atoms with van der Waals surface area (Å²) in [6, 6.07) is 0. The molecule has 0 unspecified atom stereocenters. The van der Waals surface area contributed by atoms with Crippen LogP contribution in [0.3, 0.4) is 0 Å². The van der Waals surface area contributed by atoms with Crippen molar-refractivity contribution >= 4 is 17.8 Å². The number of ether oxygens (including phenoxy) is 1. The highest BCUT2D eigenvalue weighted by molar-refractivity contribution is 5.83. The van der Waals surface area contributed by atoms with Gasteiger partial charge in [-0.05, 0) is 6.92 Å². The molecule has 86 valence electrons. The van der Waals surface area contributed by atoms with Crippen molar-refractivity contribution in [1.29, 1.82) is 0 Å². The standard InChI is InChI=1S/C8H14N2O5/c1-2-15-8(14)4-3-6(11)10(9)5-7(12)13/h2-5,9H2,1H3,(H,12,13). The summed E-state index contributed by atoms with van der Waals surface area (Å²) in [5, 5.41) is 8.89. The van der Waals surface area contributed by atoms with E-state index in [-0.39, 0.29) is 19.4 Å². The highest BCUT2D eigenvalue weighted by atomic mass is 16.5. The molecule has 0 radical (unpaired) electrons. The number of amides is 1. The molecule has 3 N–H and O–H groups in total. The fraction of sp³-hybridized carbons (Fsp3) is 0.625. The Morgan fingerprint density at radius 1 is 1.33 bits per heavy atom. The van der Waals surface area contributed by atoms with Crippen molar-refractivity contribution in [2.45, 2.75) is 19.8 Å². The molecule has 15 heavy (non-hydrogen) atoms. The summed E-state index contributed by atoms with van der Waals surface area (Å²) in [4.78, 5) is 32.1. The van der Waals surface area contributed by atoms with Crippen molar-refractivity contribution in [3.05, 3.63) is 0 Å². The molecule has 0 aromatic carbocycles. The van der Waals surface area contributed by atoms with E-state index in [1.54, 1.807) is 6.92 Å². The molecule has 0 aromatic heterocycles. The Hall–Kier alpha value is -1.63. The van der Waals surface area contributed by atoms with E-state index >= 15 is 0 Å². The van der Waals surface area contributed by atoms with Gasteiger partial charge in [-0.2, -0.15) is 0 Å². The van der Waals surface area contributed by atoms with Gasteiger partial charge in [0, 0.05) is 6.42 Å². The van der Waals surface area contributed by atoms with E-state index in [2.05, 4.69) is 4.74 Å². The predicted molar refractivity (Wildman–Crippen MR) is 49.4 cm³/mol. The SMILES string of the molecule is CCOC(=O)CCC(=O)N(N)CC(=O)O. The Balaban J connectivity index is 3.82. The van der Waals surface area contributed by atoms with Crippen molar-refractivity contribution in [2.24, 2.45) is 5.84 Å². The van der Waals surface area contributed by atoms with Gasteiger partial charge >= 0.3 is 11.9 Å². The zero-order valence-corrected chi connectivity index (χ0v) is 8.43. The van der Waals surface area contributed by atoms with Crippen molar-refractivity contribution in [1.82, 2.24) is 5.01 Å². The number of hydrazine groups is 1. The van der Waals surface area contributed by atoms with Gasteiger partial charge in [0.15, 0.2) is 0 Å². The molecule has 0 bridgehead atoms. The fourth-order valence-corrected chi connectivity index (χ4v) is 0.820. The average molecular weight is 218 g/mol. The number of rotatable bonds is 6. The molecule has 0 aliphatic heterocycles. The Morgan fingerprint density at radius 3 is 2.40 bits per heavy atom. The van der Waals surface area contributed by atoms with Crippen LogP contribution in [0.25, 0.3) is 0 Å². The summed E-state index contributed by atoms with van der Waals surface area (Å²) in [6.45, 7) is 1.32. The number of carboxylic acids is 1. The van der Waals surface area contributed by atoms with Crippen molar-refractivity contribution in [2.75, 3.05) is 13.2 Å². The first-order valence-corrected chi connectivity index (χ1v) is 4.39. The summed E-state index contributed by atoms with van der Waals surface area (Å²) in [5.74, 6) is 2.81. The first-order valence-electron chi connectivity index (χ1n) is 4.39. The maximum Gasteiger partial charge on any atom is 0.324 e. The molecule has 0 aromatic rings. The predicted octanol–water partition coefficient (Wildman–Crippen LogP) is -0.883. The van der Waals surface area contributed by atoms with E-state index in [1.165, 1.54) is 0 Å². The number of esters is 1. The van der Waals surface area contributed by atoms with Crippen molar-refractivity contribution in [3.63, 3.8) is 0 Å². The van der Waals surface area contributed by atoms with Gasteiger partial charge in [0.25, 0.3) is 0 Å². The largest absolute Gasteiger partial charge is 0.480 e. The smallest absolute Gasteiger partial charge is 0.324 e. The zero-order chi connectivity index (χ0) is 11.8. The molecule has 7 nitrogen and oxygen atoms in total. The first-order chi connectivity index (χ1) is 6.97. The molecule has 0 atom stereocenters. The van der Waals surface area contributed by atoms with E-state index in [4.69, 9.17) is 10.9 Å². The lowest BCUT2D eigenvalue weighted by molar-refractivity contribution is -0.147. The number of hydrogen-bond acceptors (Lipinski definition) is 5. The lowest BCUT2D eigenvalue weighted by Crippen LogP contribution is -2.41. The second kappa shape index (κ2) is 6.77. The molecule has 0 rings (SSSR count). The van der Waals surface area contributed by atoms with Gasteiger partial charge in [-0.1, -0.05) is 0 Å². The molecule has 0 saturated heterocycles. The highest BCUT2D eigenvalue weighted by Gasteiger charge is 2.14. The number of nitrogens with two attached hydrogens (primary N) is 1. The third-order valence-corrected chi connectivity index (χ3v) is 1.47. The van der Waals surface area contributed by atoms with Gasteiger partial charge in [0.2, 0.25) is 5.91 Å². The summed E-state index contributed by atoms with van der Waals surface area (Å²) in [6.07, 6.45) is -0.247. The van der Waals surface area contributed by atoms with Crippen LogP contribution in [0.5, 0.6) is 0 Å². The second-order valence-electron chi connectivity index (χ2n) is 2.72. The van der Waals surface area contributed by atoms with E-state index < -0.39 is 24.4 Å². The minimum absolute atomic E-state index is 0.0972. The topological polar surface area (TPSA) is 110 Å². The number of aliphatic carboxylic acids is 1. The monoisotopic (exact) mass is 218 g/mol. The maximum absolute atomic E-state index is 11.1. The van der Waals surface area contributed by atoms with Gasteiger partial charge in [0.1, 0.15) is 6.54 Å². The second-order valence-corrected chi connectivity index (χ2v) is 2.72. The van der Waals surface area contributed by atoms with Gasteiger partial charge in [-0.15, -0.1) is 0 Å². The van der Waals surface area contributed by atoms with E-state index in [1.807, 2.05) is 0 Å². The van der Waals surface area contributed by atoms with Gasteiger partial charge < -0.3 is 9.84 Å². The van der Waals surface area contributed by atoms with Crippen LogP contribution >= 0.6 is 0 Å². The Kier molecular flexibility index (Phi) is 6.03. The first kappa shape index (κ1) is 13.4. The molecule has 0 fully saturated rings. The molecular formula is C8H14N2O5. The molecule has 7 heteroatoms. The van der Waals surface area contributed by atoms with Crippen LogP contribution in [0.1, 0.15) is 19.8 Å².